The zero-order chi connectivity index (χ0) is 30.3. The molecule has 3 atom stereocenters. The van der Waals surface area contributed by atoms with Crippen LogP contribution in [-0.2, 0) is 22.6 Å². The number of methoxy groups -OCH3 is 1. The Balaban J connectivity index is 1.48. The molecule has 2 aromatic carbocycles. The van der Waals surface area contributed by atoms with Crippen molar-refractivity contribution in [2.75, 3.05) is 38.4 Å². The number of carboxylic acid groups (broad SMARTS) is 1. The molecule has 228 valence electrons. The van der Waals surface area contributed by atoms with Gasteiger partial charge in [0.2, 0.25) is 12.7 Å². The topological polar surface area (TPSA) is 122 Å². The molecule has 10 heteroatoms. The standard InChI is InChI=1S/C33H39N3O7/c1-3-4-14-36(25-9-7-13-34-17-25)30(38)19-35-18-26(23-15-24(20-37)32-29(16-23)42-21-43-32)31(33(39)40)27(35)12-11-22-8-5-6-10-28(22)41-2/h5-10,13,15-17,26-27,31,37H,3-4,11-12,14,18-21H2,1-2H3,(H,39,40)/t26-,27+,31-/m1/s1. The predicted octanol–water partition coefficient (Wildman–Crippen LogP) is 4.25. The SMILES string of the molecule is CCCCN(C(=O)CN1C[C@H](c2cc(CO)c3c(c2)OCO3)[C@@H](C(=O)O)[C@@H]1CCc1ccccc1OC)c1cccnc1. The largest absolute Gasteiger partial charge is 0.496 e. The summed E-state index contributed by atoms with van der Waals surface area (Å²) in [6, 6.07) is 14.6. The van der Waals surface area contributed by atoms with Crippen LogP contribution in [0.1, 0.15) is 48.8 Å². The van der Waals surface area contributed by atoms with Gasteiger partial charge in [0, 0.05) is 36.8 Å². The van der Waals surface area contributed by atoms with Crippen LogP contribution in [0.15, 0.2) is 60.9 Å². The molecule has 1 aromatic heterocycles. The van der Waals surface area contributed by atoms with E-state index in [0.717, 1.165) is 35.4 Å². The number of nitrogens with zero attached hydrogens (tertiary/aromatic N) is 3. The maximum Gasteiger partial charge on any atom is 0.308 e. The summed E-state index contributed by atoms with van der Waals surface area (Å²) in [4.78, 5) is 34.9. The van der Waals surface area contributed by atoms with Crippen LogP contribution in [0.25, 0.3) is 0 Å². The van der Waals surface area contributed by atoms with Gasteiger partial charge in [0.15, 0.2) is 11.5 Å². The first-order valence-electron chi connectivity index (χ1n) is 14.8. The number of carboxylic acids is 1. The molecule has 10 nitrogen and oxygen atoms in total. The smallest absolute Gasteiger partial charge is 0.308 e. The highest BCUT2D eigenvalue weighted by Crippen LogP contribution is 2.45. The number of carbonyl (C=O) groups excluding carboxylic acids is 1. The fourth-order valence-corrected chi connectivity index (χ4v) is 6.33. The number of amides is 1. The lowest BCUT2D eigenvalue weighted by Gasteiger charge is -2.30. The van der Waals surface area contributed by atoms with Gasteiger partial charge in [-0.25, -0.2) is 0 Å². The number of rotatable bonds is 13. The van der Waals surface area contributed by atoms with Gasteiger partial charge in [0.05, 0.1) is 38.1 Å². The molecule has 0 unspecified atom stereocenters. The second-order valence-electron chi connectivity index (χ2n) is 11.0. The zero-order valence-corrected chi connectivity index (χ0v) is 24.6. The van der Waals surface area contributed by atoms with Crippen LogP contribution in [0.4, 0.5) is 5.69 Å². The van der Waals surface area contributed by atoms with Crippen LogP contribution in [0.3, 0.4) is 0 Å². The molecular formula is C33H39N3O7. The third kappa shape index (κ3) is 6.60. The number of unbranched alkanes of at least 4 members (excludes halogenated alkanes) is 1. The minimum Gasteiger partial charge on any atom is -0.496 e. The molecule has 5 rings (SSSR count). The number of likely N-dealkylation sites (tertiary alicyclic amines) is 1. The molecular weight excluding hydrogens is 550 g/mol. The summed E-state index contributed by atoms with van der Waals surface area (Å²) < 4.78 is 16.7. The Hall–Kier alpha value is -4.15. The highest BCUT2D eigenvalue weighted by molar-refractivity contribution is 5.94. The number of aromatic nitrogens is 1. The van der Waals surface area contributed by atoms with Gasteiger partial charge < -0.3 is 29.3 Å². The number of aliphatic hydroxyl groups is 1. The molecule has 0 spiro atoms. The maximum absolute atomic E-state index is 13.9. The van der Waals surface area contributed by atoms with Crippen LogP contribution >= 0.6 is 0 Å². The third-order valence-corrected chi connectivity index (χ3v) is 8.44. The minimum atomic E-state index is -0.928. The first-order chi connectivity index (χ1) is 20.9. The van der Waals surface area contributed by atoms with Crippen molar-refractivity contribution in [1.82, 2.24) is 9.88 Å². The normalized spacial score (nSPS) is 19.4. The summed E-state index contributed by atoms with van der Waals surface area (Å²) in [6.07, 6.45) is 6.22. The Morgan fingerprint density at radius 3 is 2.70 bits per heavy atom. The van der Waals surface area contributed by atoms with E-state index in [4.69, 9.17) is 14.2 Å². The van der Waals surface area contributed by atoms with Gasteiger partial charge in [0.25, 0.3) is 0 Å². The van der Waals surface area contributed by atoms with Crippen LogP contribution < -0.4 is 19.1 Å². The van der Waals surface area contributed by atoms with Crippen molar-refractivity contribution in [2.24, 2.45) is 5.92 Å². The molecule has 2 aliphatic heterocycles. The van der Waals surface area contributed by atoms with E-state index >= 15 is 0 Å². The fourth-order valence-electron chi connectivity index (χ4n) is 6.33. The lowest BCUT2D eigenvalue weighted by Crippen LogP contribution is -2.44. The molecule has 2 N–H and O–H groups in total. The highest BCUT2D eigenvalue weighted by Gasteiger charge is 2.47. The average molecular weight is 590 g/mol. The van der Waals surface area contributed by atoms with Gasteiger partial charge in [0.1, 0.15) is 5.75 Å². The number of hydrogen-bond acceptors (Lipinski definition) is 8. The molecule has 1 amide bonds. The number of fused-ring (bicyclic) bond motifs is 1. The van der Waals surface area contributed by atoms with Crippen molar-refractivity contribution in [1.29, 1.82) is 0 Å². The van der Waals surface area contributed by atoms with E-state index in [1.54, 1.807) is 30.5 Å². The first-order valence-corrected chi connectivity index (χ1v) is 14.8. The Bertz CT molecular complexity index is 1420. The van der Waals surface area contributed by atoms with Gasteiger partial charge in [-0.3, -0.25) is 19.5 Å². The average Bonchev–Trinajstić information content (AvgIpc) is 3.65. The lowest BCUT2D eigenvalue weighted by atomic mass is 9.82. The zero-order valence-electron chi connectivity index (χ0n) is 24.6. The summed E-state index contributed by atoms with van der Waals surface area (Å²) >= 11 is 0. The lowest BCUT2D eigenvalue weighted by molar-refractivity contribution is -0.143. The number of ether oxygens (including phenoxy) is 3. The van der Waals surface area contributed by atoms with E-state index in [1.165, 1.54) is 0 Å². The number of anilines is 1. The van der Waals surface area contributed by atoms with E-state index < -0.39 is 23.8 Å². The third-order valence-electron chi connectivity index (χ3n) is 8.44. The quantitative estimate of drug-likeness (QED) is 0.301. The van der Waals surface area contributed by atoms with E-state index in [2.05, 4.69) is 11.9 Å². The molecule has 0 aliphatic carbocycles. The molecule has 0 saturated carbocycles. The summed E-state index contributed by atoms with van der Waals surface area (Å²) in [7, 11) is 1.62. The van der Waals surface area contributed by atoms with Crippen molar-refractivity contribution in [2.45, 2.75) is 51.2 Å². The van der Waals surface area contributed by atoms with Crippen molar-refractivity contribution < 1.29 is 34.0 Å². The second-order valence-corrected chi connectivity index (χ2v) is 11.0. The highest BCUT2D eigenvalue weighted by atomic mass is 16.7. The second kappa shape index (κ2) is 13.9. The van der Waals surface area contributed by atoms with Gasteiger partial charge in [-0.05, 0) is 60.7 Å². The van der Waals surface area contributed by atoms with E-state index in [-0.39, 0.29) is 25.9 Å². The number of para-hydroxylation sites is 1. The number of aliphatic carboxylic acids is 1. The summed E-state index contributed by atoms with van der Waals surface area (Å²) in [5.41, 5.74) is 3.00. The number of aryl methyl sites for hydroxylation is 1. The summed E-state index contributed by atoms with van der Waals surface area (Å²) in [5, 5.41) is 20.7. The number of pyridine rings is 1. The molecule has 1 saturated heterocycles. The van der Waals surface area contributed by atoms with Gasteiger partial charge in [-0.1, -0.05) is 31.5 Å². The predicted molar refractivity (Wildman–Crippen MR) is 161 cm³/mol. The summed E-state index contributed by atoms with van der Waals surface area (Å²) in [5.74, 6) is -0.532. The Morgan fingerprint density at radius 2 is 1.98 bits per heavy atom. The Labute approximate surface area is 251 Å². The van der Waals surface area contributed by atoms with Gasteiger partial charge in [-0.2, -0.15) is 0 Å². The van der Waals surface area contributed by atoms with Crippen molar-refractivity contribution in [3.05, 3.63) is 77.6 Å². The van der Waals surface area contributed by atoms with Crippen LogP contribution in [-0.4, -0.2) is 71.6 Å². The van der Waals surface area contributed by atoms with Crippen LogP contribution in [0.2, 0.25) is 0 Å². The molecule has 2 aliphatic rings. The van der Waals surface area contributed by atoms with E-state index in [0.29, 0.717) is 43.0 Å². The van der Waals surface area contributed by atoms with E-state index in [9.17, 15) is 19.8 Å². The molecule has 1 fully saturated rings. The van der Waals surface area contributed by atoms with Crippen molar-refractivity contribution >= 4 is 17.6 Å². The van der Waals surface area contributed by atoms with Gasteiger partial charge >= 0.3 is 5.97 Å². The van der Waals surface area contributed by atoms with Gasteiger partial charge in [-0.15, -0.1) is 0 Å². The summed E-state index contributed by atoms with van der Waals surface area (Å²) in [6.45, 7) is 2.83. The van der Waals surface area contributed by atoms with Crippen LogP contribution in [0, 0.1) is 5.92 Å². The number of benzene rings is 2. The first kappa shape index (κ1) is 30.3. The van der Waals surface area contributed by atoms with E-state index in [1.807, 2.05) is 47.4 Å². The number of carbonyl (C=O) groups is 2. The molecule has 0 bridgehead atoms. The monoisotopic (exact) mass is 589 g/mol. The van der Waals surface area contributed by atoms with Crippen molar-refractivity contribution in [3.63, 3.8) is 0 Å². The molecule has 43 heavy (non-hydrogen) atoms. The molecule has 3 heterocycles. The minimum absolute atomic E-state index is 0.0446. The van der Waals surface area contributed by atoms with Crippen LogP contribution in [0.5, 0.6) is 17.2 Å². The Kier molecular flexibility index (Phi) is 9.79. The Morgan fingerprint density at radius 1 is 1.14 bits per heavy atom. The molecule has 3 aromatic rings. The number of aliphatic hydroxyl groups excluding tert-OH is 1. The molecule has 0 radical (unpaired) electrons. The fraction of sp³-hybridized carbons (Fsp3) is 0.424. The van der Waals surface area contributed by atoms with Crippen molar-refractivity contribution in [3.8, 4) is 17.2 Å². The maximum atomic E-state index is 13.9. The number of hydrogen-bond donors (Lipinski definition) is 2.